The van der Waals surface area contributed by atoms with E-state index in [1.165, 1.54) is 6.42 Å². The molecule has 3 aliphatic carbocycles. The zero-order chi connectivity index (χ0) is 20.7. The third kappa shape index (κ3) is 4.34. The minimum Gasteiger partial charge on any atom is -0.446 e. The number of aromatic amines is 1. The smallest absolute Gasteiger partial charge is 0.407 e. The summed E-state index contributed by atoms with van der Waals surface area (Å²) >= 11 is 0. The molecule has 0 aliphatic heterocycles. The number of nitrogens with one attached hydrogen (secondary N) is 3. The van der Waals surface area contributed by atoms with Crippen molar-refractivity contribution in [2.45, 2.75) is 69.9 Å². The van der Waals surface area contributed by atoms with Gasteiger partial charge in [-0.15, -0.1) is 0 Å². The van der Waals surface area contributed by atoms with E-state index in [9.17, 15) is 9.59 Å². The Balaban J connectivity index is 1.08. The van der Waals surface area contributed by atoms with Gasteiger partial charge in [-0.2, -0.15) is 5.10 Å². The molecular formula is C21H27N5O4. The fraction of sp³-hybridized carbons (Fsp3) is 0.619. The molecule has 2 unspecified atom stereocenters. The van der Waals surface area contributed by atoms with Gasteiger partial charge in [-0.05, 0) is 57.3 Å². The van der Waals surface area contributed by atoms with Gasteiger partial charge in [0.05, 0.1) is 12.1 Å². The Morgan fingerprint density at radius 3 is 2.80 bits per heavy atom. The number of H-pyrrole nitrogens is 1. The SMILES string of the molecule is Cc1cc(CC(=O)Nc2cc([C@H]3CC[C@@H](OC(=O)NC4CC5CC5C4)C3)[nH]n2)on1. The third-order valence-corrected chi connectivity index (χ3v) is 6.54. The third-order valence-electron chi connectivity index (χ3n) is 6.54. The Morgan fingerprint density at radius 1 is 1.20 bits per heavy atom. The number of fused-ring (bicyclic) bond motifs is 1. The fourth-order valence-electron chi connectivity index (χ4n) is 4.97. The monoisotopic (exact) mass is 413 g/mol. The van der Waals surface area contributed by atoms with E-state index in [2.05, 4.69) is 26.0 Å². The summed E-state index contributed by atoms with van der Waals surface area (Å²) < 4.78 is 10.7. The van der Waals surface area contributed by atoms with Gasteiger partial charge in [0.25, 0.3) is 0 Å². The average Bonchev–Trinajstić information content (AvgIpc) is 3.20. The molecule has 30 heavy (non-hydrogen) atoms. The van der Waals surface area contributed by atoms with Crippen molar-refractivity contribution in [2.24, 2.45) is 11.8 Å². The van der Waals surface area contributed by atoms with Crippen LogP contribution < -0.4 is 10.6 Å². The van der Waals surface area contributed by atoms with Crippen LogP contribution in [0.2, 0.25) is 0 Å². The van der Waals surface area contributed by atoms with Crippen molar-refractivity contribution < 1.29 is 18.8 Å². The number of aryl methyl sites for hydroxylation is 1. The van der Waals surface area contributed by atoms with Gasteiger partial charge in [0, 0.05) is 29.8 Å². The van der Waals surface area contributed by atoms with Crippen LogP contribution in [0.1, 0.15) is 61.6 Å². The molecule has 9 heteroatoms. The lowest BCUT2D eigenvalue weighted by molar-refractivity contribution is -0.115. The molecule has 3 saturated carbocycles. The topological polar surface area (TPSA) is 122 Å². The molecule has 0 spiro atoms. The molecule has 5 rings (SSSR count). The van der Waals surface area contributed by atoms with E-state index in [0.29, 0.717) is 11.6 Å². The molecule has 4 atom stereocenters. The Hall–Kier alpha value is -2.84. The van der Waals surface area contributed by atoms with E-state index in [1.807, 2.05) is 13.0 Å². The van der Waals surface area contributed by atoms with E-state index in [4.69, 9.17) is 9.26 Å². The average molecular weight is 413 g/mol. The van der Waals surface area contributed by atoms with E-state index in [0.717, 1.165) is 55.3 Å². The summed E-state index contributed by atoms with van der Waals surface area (Å²) in [5, 5.41) is 16.8. The van der Waals surface area contributed by atoms with Crippen LogP contribution in [-0.4, -0.2) is 39.5 Å². The molecule has 160 valence electrons. The number of aromatic nitrogens is 3. The number of ether oxygens (including phenoxy) is 1. The van der Waals surface area contributed by atoms with Gasteiger partial charge < -0.3 is 19.9 Å². The van der Waals surface area contributed by atoms with Gasteiger partial charge >= 0.3 is 6.09 Å². The van der Waals surface area contributed by atoms with Crippen LogP contribution in [-0.2, 0) is 16.0 Å². The number of rotatable bonds is 6. The lowest BCUT2D eigenvalue weighted by Gasteiger charge is -2.17. The molecule has 3 aliphatic rings. The summed E-state index contributed by atoms with van der Waals surface area (Å²) in [6, 6.07) is 3.87. The van der Waals surface area contributed by atoms with Crippen LogP contribution in [0, 0.1) is 18.8 Å². The predicted molar refractivity (Wildman–Crippen MR) is 107 cm³/mol. The Kier molecular flexibility index (Phi) is 4.96. The first-order valence-electron chi connectivity index (χ1n) is 10.8. The van der Waals surface area contributed by atoms with Crippen LogP contribution in [0.15, 0.2) is 16.7 Å². The molecular weight excluding hydrogens is 386 g/mol. The highest BCUT2D eigenvalue weighted by Crippen LogP contribution is 2.51. The highest BCUT2D eigenvalue weighted by Gasteiger charge is 2.46. The number of carbonyl (C=O) groups excluding carboxylic acids is 2. The highest BCUT2D eigenvalue weighted by molar-refractivity contribution is 5.91. The molecule has 2 amide bonds. The Labute approximate surface area is 174 Å². The lowest BCUT2D eigenvalue weighted by atomic mass is 10.0. The minimum absolute atomic E-state index is 0.0815. The first kappa shape index (κ1) is 19.1. The van der Waals surface area contributed by atoms with Crippen LogP contribution in [0.5, 0.6) is 0 Å². The summed E-state index contributed by atoms with van der Waals surface area (Å²) in [5.74, 6) is 2.69. The van der Waals surface area contributed by atoms with E-state index >= 15 is 0 Å². The summed E-state index contributed by atoms with van der Waals surface area (Å²) in [7, 11) is 0. The summed E-state index contributed by atoms with van der Waals surface area (Å²) in [4.78, 5) is 24.3. The molecule has 3 fully saturated rings. The molecule has 2 heterocycles. The number of anilines is 1. The second-order valence-corrected chi connectivity index (χ2v) is 8.97. The zero-order valence-electron chi connectivity index (χ0n) is 17.0. The van der Waals surface area contributed by atoms with Crippen molar-refractivity contribution in [3.8, 4) is 0 Å². The van der Waals surface area contributed by atoms with Crippen molar-refractivity contribution in [3.05, 3.63) is 29.3 Å². The first-order valence-corrected chi connectivity index (χ1v) is 10.8. The maximum Gasteiger partial charge on any atom is 0.407 e. The van der Waals surface area contributed by atoms with E-state index in [1.54, 1.807) is 6.07 Å². The quantitative estimate of drug-likeness (QED) is 0.669. The van der Waals surface area contributed by atoms with Gasteiger partial charge in [0.1, 0.15) is 11.9 Å². The van der Waals surface area contributed by atoms with Gasteiger partial charge in [-0.3, -0.25) is 9.89 Å². The van der Waals surface area contributed by atoms with E-state index < -0.39 is 0 Å². The summed E-state index contributed by atoms with van der Waals surface area (Å²) in [5.41, 5.74) is 1.69. The molecule has 0 radical (unpaired) electrons. The number of hydrogen-bond donors (Lipinski definition) is 3. The van der Waals surface area contributed by atoms with Gasteiger partial charge in [0.2, 0.25) is 5.91 Å². The maximum absolute atomic E-state index is 12.2. The lowest BCUT2D eigenvalue weighted by Crippen LogP contribution is -2.36. The highest BCUT2D eigenvalue weighted by atomic mass is 16.6. The van der Waals surface area contributed by atoms with Crippen molar-refractivity contribution in [3.63, 3.8) is 0 Å². The summed E-state index contributed by atoms with van der Waals surface area (Å²) in [6.45, 7) is 1.81. The number of carbonyl (C=O) groups is 2. The van der Waals surface area contributed by atoms with Crippen LogP contribution >= 0.6 is 0 Å². The normalized spacial score (nSPS) is 29.4. The fourth-order valence-corrected chi connectivity index (χ4v) is 4.97. The number of amides is 2. The first-order chi connectivity index (χ1) is 14.5. The molecule has 9 nitrogen and oxygen atoms in total. The van der Waals surface area contributed by atoms with Crippen molar-refractivity contribution >= 4 is 17.8 Å². The van der Waals surface area contributed by atoms with Crippen LogP contribution in [0.25, 0.3) is 0 Å². The zero-order valence-corrected chi connectivity index (χ0v) is 17.0. The van der Waals surface area contributed by atoms with Gasteiger partial charge in [-0.25, -0.2) is 4.79 Å². The van der Waals surface area contributed by atoms with Gasteiger partial charge in [0.15, 0.2) is 5.82 Å². The molecule has 0 saturated heterocycles. The largest absolute Gasteiger partial charge is 0.446 e. The molecule has 0 aromatic carbocycles. The van der Waals surface area contributed by atoms with Crippen LogP contribution in [0.3, 0.4) is 0 Å². The standard InChI is InChI=1S/C21H27N5O4/c1-11-4-17(30-26-11)9-20(27)23-19-10-18(24-25-19)12-2-3-16(8-12)29-21(28)22-15-6-13-5-14(13)7-15/h4,10,12-16H,2-3,5-9H2,1H3,(H,22,28)(H2,23,24,25,27)/t12-,13?,14?,15?,16+/m0/s1. The number of hydrogen-bond acceptors (Lipinski definition) is 6. The van der Waals surface area contributed by atoms with Crippen molar-refractivity contribution in [1.29, 1.82) is 0 Å². The molecule has 2 aromatic rings. The maximum atomic E-state index is 12.2. The van der Waals surface area contributed by atoms with Crippen LogP contribution in [0.4, 0.5) is 10.6 Å². The van der Waals surface area contributed by atoms with Gasteiger partial charge in [-0.1, -0.05) is 5.16 Å². The number of nitrogens with zero attached hydrogens (tertiary/aromatic N) is 2. The second kappa shape index (κ2) is 7.77. The predicted octanol–water partition coefficient (Wildman–Crippen LogP) is 3.05. The number of alkyl carbamates (subject to hydrolysis) is 1. The Bertz CT molecular complexity index is 927. The van der Waals surface area contributed by atoms with E-state index in [-0.39, 0.29) is 36.5 Å². The molecule has 0 bridgehead atoms. The summed E-state index contributed by atoms with van der Waals surface area (Å²) in [6.07, 6.45) is 5.80. The Morgan fingerprint density at radius 2 is 2.03 bits per heavy atom. The second-order valence-electron chi connectivity index (χ2n) is 8.97. The minimum atomic E-state index is -0.285. The van der Waals surface area contributed by atoms with Crippen molar-refractivity contribution in [2.75, 3.05) is 5.32 Å². The molecule has 2 aromatic heterocycles. The van der Waals surface area contributed by atoms with Crippen molar-refractivity contribution in [1.82, 2.24) is 20.7 Å². The molecule has 3 N–H and O–H groups in total.